The molecule has 0 spiro atoms. The van der Waals surface area contributed by atoms with E-state index in [2.05, 4.69) is 46.1 Å². The summed E-state index contributed by atoms with van der Waals surface area (Å²) in [6.07, 6.45) is 19.9. The monoisotopic (exact) mass is 443 g/mol. The smallest absolute Gasteiger partial charge is 0.123 e. The van der Waals surface area contributed by atoms with Crippen LogP contribution in [-0.4, -0.2) is 25.3 Å². The summed E-state index contributed by atoms with van der Waals surface area (Å²) in [4.78, 5) is 4.24. The summed E-state index contributed by atoms with van der Waals surface area (Å²) in [6, 6.07) is 0. The molecular formula is C26H33N7. The van der Waals surface area contributed by atoms with E-state index >= 15 is 0 Å². The van der Waals surface area contributed by atoms with Crippen LogP contribution < -0.4 is 21.7 Å². The molecule has 0 saturated carbocycles. The molecule has 33 heavy (non-hydrogen) atoms. The van der Waals surface area contributed by atoms with Crippen molar-refractivity contribution in [3.63, 3.8) is 0 Å². The molecule has 0 bridgehead atoms. The number of hydrogen-bond donors (Lipinski definition) is 6. The summed E-state index contributed by atoms with van der Waals surface area (Å²) < 4.78 is 0. The summed E-state index contributed by atoms with van der Waals surface area (Å²) >= 11 is 0. The van der Waals surface area contributed by atoms with Gasteiger partial charge in [-0.3, -0.25) is 10.4 Å². The third-order valence-electron chi connectivity index (χ3n) is 5.64. The molecule has 7 N–H and O–H groups in total. The van der Waals surface area contributed by atoms with Crippen molar-refractivity contribution in [2.24, 2.45) is 22.6 Å². The van der Waals surface area contributed by atoms with Gasteiger partial charge in [-0.1, -0.05) is 37.6 Å². The Labute approximate surface area is 196 Å². The Hall–Kier alpha value is -3.87. The van der Waals surface area contributed by atoms with Gasteiger partial charge in [0, 0.05) is 48.4 Å². The number of hydrogen-bond acceptors (Lipinski definition) is 6. The third-order valence-corrected chi connectivity index (χ3v) is 5.64. The van der Waals surface area contributed by atoms with Gasteiger partial charge in [-0.25, -0.2) is 0 Å². The van der Waals surface area contributed by atoms with Crippen molar-refractivity contribution in [3.8, 4) is 0 Å². The van der Waals surface area contributed by atoms with E-state index in [1.807, 2.05) is 38.3 Å². The SMILES string of the molecule is CN=CC(C1=CNC2=CC=C(NC(=N)C=C(C=N)C(C)C)NC2=C1)=C(N)C1C=CC(C)=CC1. The van der Waals surface area contributed by atoms with Crippen LogP contribution in [0.3, 0.4) is 0 Å². The number of fused-ring (bicyclic) bond motifs is 1. The molecule has 7 nitrogen and oxygen atoms in total. The van der Waals surface area contributed by atoms with Gasteiger partial charge in [-0.05, 0) is 49.1 Å². The zero-order valence-corrected chi connectivity index (χ0v) is 19.7. The van der Waals surface area contributed by atoms with Gasteiger partial charge >= 0.3 is 0 Å². The van der Waals surface area contributed by atoms with Gasteiger partial charge < -0.3 is 27.1 Å². The number of nitrogens with two attached hydrogens (primary N) is 1. The van der Waals surface area contributed by atoms with Crippen LogP contribution in [0.2, 0.25) is 0 Å². The lowest BCUT2D eigenvalue weighted by Crippen LogP contribution is -2.35. The maximum absolute atomic E-state index is 8.24. The number of nitrogens with one attached hydrogen (secondary N) is 5. The van der Waals surface area contributed by atoms with Crippen molar-refractivity contribution in [1.82, 2.24) is 16.0 Å². The van der Waals surface area contributed by atoms with E-state index in [0.29, 0.717) is 5.82 Å². The maximum Gasteiger partial charge on any atom is 0.123 e. The number of nitrogens with zero attached hydrogens (tertiary/aromatic N) is 1. The predicted octanol–water partition coefficient (Wildman–Crippen LogP) is 3.92. The van der Waals surface area contributed by atoms with Gasteiger partial charge in [0.15, 0.2) is 0 Å². The molecule has 0 aromatic heterocycles. The molecule has 0 radical (unpaired) electrons. The fourth-order valence-electron chi connectivity index (χ4n) is 3.66. The quantitative estimate of drug-likeness (QED) is 0.264. The minimum absolute atomic E-state index is 0.130. The second-order valence-electron chi connectivity index (χ2n) is 8.48. The van der Waals surface area contributed by atoms with Crippen molar-refractivity contribution in [3.05, 3.63) is 93.9 Å². The van der Waals surface area contributed by atoms with E-state index < -0.39 is 0 Å². The Morgan fingerprint density at radius 3 is 2.73 bits per heavy atom. The second kappa shape index (κ2) is 10.6. The summed E-state index contributed by atoms with van der Waals surface area (Å²) in [5.74, 6) is 1.21. The molecule has 0 aromatic rings. The van der Waals surface area contributed by atoms with Gasteiger partial charge in [-0.2, -0.15) is 0 Å². The first-order valence-electron chi connectivity index (χ1n) is 11.0. The Balaban J connectivity index is 1.80. The van der Waals surface area contributed by atoms with Gasteiger partial charge in [0.25, 0.3) is 0 Å². The molecule has 2 heterocycles. The van der Waals surface area contributed by atoms with Crippen molar-refractivity contribution in [1.29, 1.82) is 10.8 Å². The maximum atomic E-state index is 8.24. The Morgan fingerprint density at radius 1 is 1.30 bits per heavy atom. The number of amidine groups is 1. The molecule has 3 rings (SSSR count). The Bertz CT molecular complexity index is 1100. The fourth-order valence-corrected chi connectivity index (χ4v) is 3.66. The van der Waals surface area contributed by atoms with E-state index in [1.165, 1.54) is 11.8 Å². The Kier molecular flexibility index (Phi) is 7.66. The van der Waals surface area contributed by atoms with Crippen LogP contribution in [0.5, 0.6) is 0 Å². The topological polar surface area (TPSA) is 122 Å². The third kappa shape index (κ3) is 5.88. The minimum atomic E-state index is 0.130. The van der Waals surface area contributed by atoms with Gasteiger partial charge in [0.1, 0.15) is 11.7 Å². The van der Waals surface area contributed by atoms with Crippen molar-refractivity contribution in [2.45, 2.75) is 27.2 Å². The van der Waals surface area contributed by atoms with Crippen molar-refractivity contribution < 1.29 is 0 Å². The lowest BCUT2D eigenvalue weighted by atomic mass is 9.89. The summed E-state index contributed by atoms with van der Waals surface area (Å²) in [5, 5.41) is 25.5. The first kappa shape index (κ1) is 23.8. The van der Waals surface area contributed by atoms with E-state index in [1.54, 1.807) is 19.3 Å². The fraction of sp³-hybridized carbons (Fsp3) is 0.269. The summed E-state index contributed by atoms with van der Waals surface area (Å²) in [7, 11) is 1.74. The lowest BCUT2D eigenvalue weighted by molar-refractivity contribution is 0.745. The number of dihydropyridines is 2. The highest BCUT2D eigenvalue weighted by Crippen LogP contribution is 2.28. The molecule has 172 valence electrons. The lowest BCUT2D eigenvalue weighted by Gasteiger charge is -2.26. The molecule has 1 unspecified atom stereocenters. The van der Waals surface area contributed by atoms with Gasteiger partial charge in [0.2, 0.25) is 0 Å². The average molecular weight is 444 g/mol. The van der Waals surface area contributed by atoms with E-state index in [-0.39, 0.29) is 17.7 Å². The van der Waals surface area contributed by atoms with Crippen molar-refractivity contribution >= 4 is 18.3 Å². The first-order valence-corrected chi connectivity index (χ1v) is 11.0. The molecule has 2 aliphatic heterocycles. The van der Waals surface area contributed by atoms with Crippen LogP contribution in [0, 0.1) is 22.7 Å². The van der Waals surface area contributed by atoms with E-state index in [0.717, 1.165) is 40.2 Å². The molecule has 0 amide bonds. The molecule has 0 saturated heterocycles. The van der Waals surface area contributed by atoms with Crippen LogP contribution >= 0.6 is 0 Å². The Morgan fingerprint density at radius 2 is 2.09 bits per heavy atom. The number of rotatable bonds is 7. The predicted molar refractivity (Wildman–Crippen MR) is 138 cm³/mol. The molecule has 7 heteroatoms. The summed E-state index contributed by atoms with van der Waals surface area (Å²) in [5.41, 5.74) is 13.0. The average Bonchev–Trinajstić information content (AvgIpc) is 2.80. The second-order valence-corrected chi connectivity index (χ2v) is 8.48. The van der Waals surface area contributed by atoms with Crippen LogP contribution in [0.25, 0.3) is 0 Å². The molecule has 1 atom stereocenters. The normalized spacial score (nSPS) is 20.9. The zero-order valence-electron chi connectivity index (χ0n) is 19.7. The standard InChI is InChI=1S/C26H33N7/c1-16(2)19(13-27)12-24(28)33-25-10-9-22-23(32-25)11-20(14-31-22)21(15-30-4)26(29)18-7-5-17(3)6-8-18/h5-7,9-16,18,27,31-32H,8,29H2,1-4H3,(H2,28,33). The highest BCUT2D eigenvalue weighted by atomic mass is 15.1. The number of aliphatic imine (C=N–C) groups is 1. The highest BCUT2D eigenvalue weighted by molar-refractivity contribution is 5.97. The molecule has 1 aliphatic carbocycles. The highest BCUT2D eigenvalue weighted by Gasteiger charge is 2.20. The molecule has 0 fully saturated rings. The van der Waals surface area contributed by atoms with Gasteiger partial charge in [-0.15, -0.1) is 0 Å². The van der Waals surface area contributed by atoms with Crippen LogP contribution in [-0.2, 0) is 0 Å². The van der Waals surface area contributed by atoms with Crippen LogP contribution in [0.1, 0.15) is 27.2 Å². The minimum Gasteiger partial charge on any atom is -0.401 e. The summed E-state index contributed by atoms with van der Waals surface area (Å²) in [6.45, 7) is 6.09. The van der Waals surface area contributed by atoms with Crippen molar-refractivity contribution in [2.75, 3.05) is 7.05 Å². The van der Waals surface area contributed by atoms with Crippen LogP contribution in [0.4, 0.5) is 0 Å². The molecule has 3 aliphatic rings. The molecular weight excluding hydrogens is 410 g/mol. The van der Waals surface area contributed by atoms with E-state index in [4.69, 9.17) is 16.6 Å². The van der Waals surface area contributed by atoms with Crippen LogP contribution in [0.15, 0.2) is 98.9 Å². The number of allylic oxidation sites excluding steroid dienone is 10. The molecule has 0 aromatic carbocycles. The zero-order chi connectivity index (χ0) is 24.0. The first-order chi connectivity index (χ1) is 15.8. The largest absolute Gasteiger partial charge is 0.401 e. The van der Waals surface area contributed by atoms with Gasteiger partial charge in [0.05, 0.1) is 11.4 Å². The van der Waals surface area contributed by atoms with E-state index in [9.17, 15) is 0 Å².